The molecule has 1 saturated carbocycles. The molecule has 2 aromatic rings. The Balaban J connectivity index is 1.47. The van der Waals surface area contributed by atoms with E-state index in [1.165, 1.54) is 18.7 Å². The van der Waals surface area contributed by atoms with Crippen LogP contribution in [0.2, 0.25) is 0 Å². The molecule has 1 aromatic heterocycles. The molecule has 2 fully saturated rings. The first-order chi connectivity index (χ1) is 10.8. The zero-order chi connectivity index (χ0) is 15.1. The molecule has 118 valence electrons. The van der Waals surface area contributed by atoms with E-state index in [1.54, 1.807) is 12.1 Å². The molecule has 2 aliphatic rings. The molecule has 3 nitrogen and oxygen atoms in total. The predicted molar refractivity (Wildman–Crippen MR) is 87.2 cm³/mol. The molecule has 0 amide bonds. The fourth-order valence-corrected chi connectivity index (χ4v) is 4.13. The number of piperidine rings is 1. The maximum absolute atomic E-state index is 13.6. The van der Waals surface area contributed by atoms with Crippen molar-refractivity contribution in [2.45, 2.75) is 26.4 Å². The van der Waals surface area contributed by atoms with Crippen LogP contribution < -0.4 is 10.6 Å². The van der Waals surface area contributed by atoms with Gasteiger partial charge in [0.1, 0.15) is 5.82 Å². The molecule has 0 bridgehead atoms. The van der Waals surface area contributed by atoms with E-state index in [0.29, 0.717) is 0 Å². The minimum Gasteiger partial charge on any atom is -0.347 e. The van der Waals surface area contributed by atoms with Crippen LogP contribution in [-0.2, 0) is 13.1 Å². The number of aryl methyl sites for hydroxylation is 1. The maximum atomic E-state index is 13.6. The van der Waals surface area contributed by atoms with E-state index in [2.05, 4.69) is 28.3 Å². The number of halogens is 1. The number of hydrogen-bond donors (Lipinski definition) is 2. The van der Waals surface area contributed by atoms with E-state index < -0.39 is 0 Å². The summed E-state index contributed by atoms with van der Waals surface area (Å²) in [6.45, 7) is 7.47. The summed E-state index contributed by atoms with van der Waals surface area (Å²) in [6, 6.07) is 5.14. The highest BCUT2D eigenvalue weighted by Gasteiger charge is 2.51. The summed E-state index contributed by atoms with van der Waals surface area (Å²) >= 11 is 0. The topological polar surface area (TPSA) is 29.0 Å². The third-order valence-corrected chi connectivity index (χ3v) is 5.35. The first kappa shape index (κ1) is 14.2. The van der Waals surface area contributed by atoms with Crippen LogP contribution in [0.1, 0.15) is 18.9 Å². The minimum absolute atomic E-state index is 0.147. The van der Waals surface area contributed by atoms with Gasteiger partial charge >= 0.3 is 0 Å². The number of benzene rings is 1. The monoisotopic (exact) mass is 301 g/mol. The Morgan fingerprint density at radius 3 is 2.91 bits per heavy atom. The van der Waals surface area contributed by atoms with Gasteiger partial charge in [-0.1, -0.05) is 6.92 Å². The Labute approximate surface area is 130 Å². The number of aromatic nitrogens is 1. The van der Waals surface area contributed by atoms with E-state index in [9.17, 15) is 4.39 Å². The van der Waals surface area contributed by atoms with E-state index in [4.69, 9.17) is 0 Å². The molecule has 1 aliphatic carbocycles. The van der Waals surface area contributed by atoms with Gasteiger partial charge in [-0.3, -0.25) is 0 Å². The lowest BCUT2D eigenvalue weighted by Crippen LogP contribution is -2.23. The van der Waals surface area contributed by atoms with Crippen molar-refractivity contribution >= 4 is 10.9 Å². The highest BCUT2D eigenvalue weighted by Crippen LogP contribution is 2.48. The molecule has 0 spiro atoms. The van der Waals surface area contributed by atoms with Gasteiger partial charge in [0.15, 0.2) is 0 Å². The van der Waals surface area contributed by atoms with Gasteiger partial charge < -0.3 is 15.2 Å². The smallest absolute Gasteiger partial charge is 0.123 e. The van der Waals surface area contributed by atoms with Crippen LogP contribution in [0.4, 0.5) is 4.39 Å². The second kappa shape index (κ2) is 5.67. The quantitative estimate of drug-likeness (QED) is 0.859. The third kappa shape index (κ3) is 2.44. The van der Waals surface area contributed by atoms with Gasteiger partial charge in [-0.05, 0) is 67.6 Å². The fourth-order valence-electron chi connectivity index (χ4n) is 4.13. The van der Waals surface area contributed by atoms with Crippen molar-refractivity contribution in [3.8, 4) is 0 Å². The van der Waals surface area contributed by atoms with Crippen LogP contribution in [0.3, 0.4) is 0 Å². The predicted octanol–water partition coefficient (Wildman–Crippen LogP) is 2.75. The van der Waals surface area contributed by atoms with Crippen molar-refractivity contribution < 1.29 is 4.39 Å². The molecule has 4 rings (SSSR count). The molecule has 0 radical (unpaired) electrons. The highest BCUT2D eigenvalue weighted by atomic mass is 19.1. The Morgan fingerprint density at radius 2 is 2.14 bits per heavy atom. The van der Waals surface area contributed by atoms with Crippen molar-refractivity contribution in [2.24, 2.45) is 17.8 Å². The Morgan fingerprint density at radius 1 is 1.32 bits per heavy atom. The van der Waals surface area contributed by atoms with Gasteiger partial charge in [0.05, 0.1) is 0 Å². The van der Waals surface area contributed by atoms with Crippen molar-refractivity contribution in [2.75, 3.05) is 19.6 Å². The van der Waals surface area contributed by atoms with Crippen molar-refractivity contribution in [3.05, 3.63) is 35.8 Å². The van der Waals surface area contributed by atoms with Crippen LogP contribution >= 0.6 is 0 Å². The third-order valence-electron chi connectivity index (χ3n) is 5.35. The average molecular weight is 301 g/mol. The van der Waals surface area contributed by atoms with E-state index in [1.807, 2.05) is 6.07 Å². The number of fused-ring (bicyclic) bond motifs is 2. The van der Waals surface area contributed by atoms with Crippen LogP contribution in [0, 0.1) is 23.6 Å². The van der Waals surface area contributed by atoms with E-state index in [0.717, 1.165) is 54.7 Å². The van der Waals surface area contributed by atoms with Gasteiger partial charge in [-0.15, -0.1) is 0 Å². The van der Waals surface area contributed by atoms with Crippen molar-refractivity contribution in [3.63, 3.8) is 0 Å². The maximum Gasteiger partial charge on any atom is 0.123 e. The van der Waals surface area contributed by atoms with Crippen molar-refractivity contribution in [1.82, 2.24) is 15.2 Å². The lowest BCUT2D eigenvalue weighted by molar-refractivity contribution is 0.539. The summed E-state index contributed by atoms with van der Waals surface area (Å²) in [6.07, 6.45) is 3.28. The normalized spacial score (nSPS) is 26.5. The molecule has 1 aliphatic heterocycles. The molecule has 22 heavy (non-hydrogen) atoms. The lowest BCUT2D eigenvalue weighted by Gasteiger charge is -2.06. The number of nitrogens with one attached hydrogen (secondary N) is 2. The summed E-state index contributed by atoms with van der Waals surface area (Å²) in [7, 11) is 0. The van der Waals surface area contributed by atoms with Gasteiger partial charge in [0.2, 0.25) is 0 Å². The van der Waals surface area contributed by atoms with Crippen LogP contribution in [0.25, 0.3) is 10.9 Å². The highest BCUT2D eigenvalue weighted by molar-refractivity contribution is 5.84. The molecule has 2 unspecified atom stereocenters. The molecule has 1 saturated heterocycles. The number of rotatable bonds is 6. The average Bonchev–Trinajstić information content (AvgIpc) is 2.87. The largest absolute Gasteiger partial charge is 0.347 e. The van der Waals surface area contributed by atoms with E-state index >= 15 is 0 Å². The summed E-state index contributed by atoms with van der Waals surface area (Å²) < 4.78 is 15.8. The summed E-state index contributed by atoms with van der Waals surface area (Å²) in [5.74, 6) is 2.49. The number of nitrogens with zero attached hydrogens (tertiary/aromatic N) is 1. The molecule has 4 heteroatoms. The minimum atomic E-state index is -0.147. The Bertz CT molecular complexity index is 668. The van der Waals surface area contributed by atoms with Gasteiger partial charge in [-0.2, -0.15) is 0 Å². The Hall–Kier alpha value is -1.39. The first-order valence-corrected chi connectivity index (χ1v) is 8.46. The van der Waals surface area contributed by atoms with Crippen molar-refractivity contribution in [1.29, 1.82) is 0 Å². The molecular weight excluding hydrogens is 277 g/mol. The second-order valence-corrected chi connectivity index (χ2v) is 6.79. The molecule has 1 aromatic carbocycles. The SMILES string of the molecule is CCCn1cc(CNCC2C3CNCC23)c2cc(F)ccc21. The van der Waals surface area contributed by atoms with E-state index in [-0.39, 0.29) is 5.82 Å². The summed E-state index contributed by atoms with van der Waals surface area (Å²) in [5, 5.41) is 8.08. The summed E-state index contributed by atoms with van der Waals surface area (Å²) in [5.41, 5.74) is 2.36. The summed E-state index contributed by atoms with van der Waals surface area (Å²) in [4.78, 5) is 0. The van der Waals surface area contributed by atoms with Gasteiger partial charge in [-0.25, -0.2) is 4.39 Å². The van der Waals surface area contributed by atoms with Crippen LogP contribution in [-0.4, -0.2) is 24.2 Å². The number of hydrogen-bond acceptors (Lipinski definition) is 2. The fraction of sp³-hybridized carbons (Fsp3) is 0.556. The first-order valence-electron chi connectivity index (χ1n) is 8.46. The zero-order valence-corrected chi connectivity index (χ0v) is 13.1. The molecule has 2 N–H and O–H groups in total. The molecular formula is C18H24FN3. The van der Waals surface area contributed by atoms with Gasteiger partial charge in [0.25, 0.3) is 0 Å². The Kier molecular flexibility index (Phi) is 3.66. The molecule has 2 heterocycles. The van der Waals surface area contributed by atoms with Crippen LogP contribution in [0.5, 0.6) is 0 Å². The second-order valence-electron chi connectivity index (χ2n) is 6.79. The van der Waals surface area contributed by atoms with Crippen LogP contribution in [0.15, 0.2) is 24.4 Å². The standard InChI is InChI=1S/C18H24FN3/c1-2-5-22-11-12(14-6-13(19)3-4-18(14)22)7-20-8-15-16-9-21-10-17(15)16/h3-4,6,11,15-17,20-21H,2,5,7-10H2,1H3. The lowest BCUT2D eigenvalue weighted by atomic mass is 10.1. The zero-order valence-electron chi connectivity index (χ0n) is 13.1. The van der Waals surface area contributed by atoms with Gasteiger partial charge in [0, 0.05) is 30.2 Å². The molecule has 2 atom stereocenters.